The van der Waals surface area contributed by atoms with Crippen molar-refractivity contribution in [2.45, 2.75) is 38.2 Å². The molecule has 3 N–H and O–H groups in total. The van der Waals surface area contributed by atoms with Gasteiger partial charge >= 0.3 is 0 Å². The third kappa shape index (κ3) is 3.64. The number of carbonyl (C=O) groups excluding carboxylic acids is 1. The van der Waals surface area contributed by atoms with Gasteiger partial charge in [0.1, 0.15) is 5.75 Å². The topological polar surface area (TPSA) is 69.6 Å². The smallest absolute Gasteiger partial charge is 0.255 e. The summed E-state index contributed by atoms with van der Waals surface area (Å²) in [4.78, 5) is 12.0. The second kappa shape index (κ2) is 6.02. The minimum Gasteiger partial charge on any atom is -0.507 e. The Hall–Kier alpha value is -1.26. The van der Waals surface area contributed by atoms with Gasteiger partial charge in [-0.1, -0.05) is 18.5 Å². The Balaban J connectivity index is 1.95. The summed E-state index contributed by atoms with van der Waals surface area (Å²) in [5, 5.41) is 23.2. The van der Waals surface area contributed by atoms with Crippen LogP contribution in [0.15, 0.2) is 18.2 Å². The number of benzene rings is 1. The number of rotatable bonds is 3. The van der Waals surface area contributed by atoms with E-state index in [-0.39, 0.29) is 17.9 Å². The molecule has 1 fully saturated rings. The van der Waals surface area contributed by atoms with E-state index in [1.807, 2.05) is 0 Å². The summed E-state index contributed by atoms with van der Waals surface area (Å²) < 4.78 is 0. The van der Waals surface area contributed by atoms with Crippen molar-refractivity contribution in [1.82, 2.24) is 5.32 Å². The Bertz CT molecular complexity index is 496. The largest absolute Gasteiger partial charge is 0.507 e. The maximum atomic E-state index is 12.0. The number of halogens is 1. The highest BCUT2D eigenvalue weighted by atomic mass is 35.5. The van der Waals surface area contributed by atoms with Gasteiger partial charge in [-0.15, -0.1) is 0 Å². The third-order valence-electron chi connectivity index (χ3n) is 3.99. The summed E-state index contributed by atoms with van der Waals surface area (Å²) in [5.74, 6) is 0.0803. The highest BCUT2D eigenvalue weighted by Crippen LogP contribution is 2.31. The van der Waals surface area contributed by atoms with E-state index >= 15 is 0 Å². The number of hydrogen-bond acceptors (Lipinski definition) is 3. The highest BCUT2D eigenvalue weighted by molar-refractivity contribution is 6.30. The van der Waals surface area contributed by atoms with Crippen molar-refractivity contribution in [3.63, 3.8) is 0 Å². The van der Waals surface area contributed by atoms with Gasteiger partial charge in [0.2, 0.25) is 0 Å². The third-order valence-corrected chi connectivity index (χ3v) is 4.22. The Morgan fingerprint density at radius 2 is 2.10 bits per heavy atom. The Kier molecular flexibility index (Phi) is 4.55. The van der Waals surface area contributed by atoms with Gasteiger partial charge in [0.15, 0.2) is 0 Å². The van der Waals surface area contributed by atoms with Crippen LogP contribution in [0, 0.1) is 5.92 Å². The molecule has 1 amide bonds. The normalized spacial score (nSPS) is 26.2. The zero-order valence-electron chi connectivity index (χ0n) is 11.5. The van der Waals surface area contributed by atoms with Crippen molar-refractivity contribution in [1.29, 1.82) is 0 Å². The molecule has 20 heavy (non-hydrogen) atoms. The van der Waals surface area contributed by atoms with Crippen molar-refractivity contribution in [2.24, 2.45) is 5.92 Å². The number of aliphatic hydroxyl groups is 1. The minimum atomic E-state index is -0.829. The van der Waals surface area contributed by atoms with Crippen molar-refractivity contribution in [2.75, 3.05) is 6.54 Å². The quantitative estimate of drug-likeness (QED) is 0.803. The maximum Gasteiger partial charge on any atom is 0.255 e. The average molecular weight is 298 g/mol. The Morgan fingerprint density at radius 3 is 2.70 bits per heavy atom. The van der Waals surface area contributed by atoms with Crippen LogP contribution in [0.3, 0.4) is 0 Å². The van der Waals surface area contributed by atoms with E-state index in [0.717, 1.165) is 12.8 Å². The van der Waals surface area contributed by atoms with Gasteiger partial charge in [-0.25, -0.2) is 0 Å². The fourth-order valence-electron chi connectivity index (χ4n) is 2.51. The number of amides is 1. The molecular weight excluding hydrogens is 278 g/mol. The van der Waals surface area contributed by atoms with Gasteiger partial charge in [-0.05, 0) is 49.8 Å². The first-order chi connectivity index (χ1) is 9.39. The van der Waals surface area contributed by atoms with Crippen LogP contribution in [0.4, 0.5) is 0 Å². The lowest BCUT2D eigenvalue weighted by atomic mass is 9.79. The first-order valence-corrected chi connectivity index (χ1v) is 7.26. The van der Waals surface area contributed by atoms with Crippen LogP contribution < -0.4 is 5.32 Å². The molecule has 1 saturated carbocycles. The van der Waals surface area contributed by atoms with Crippen LogP contribution in [0.5, 0.6) is 5.75 Å². The Morgan fingerprint density at radius 1 is 1.45 bits per heavy atom. The lowest BCUT2D eigenvalue weighted by molar-refractivity contribution is -0.00542. The number of phenolic OH excluding ortho intramolecular Hbond substituents is 1. The summed E-state index contributed by atoms with van der Waals surface area (Å²) in [5.41, 5.74) is -0.660. The molecule has 0 spiro atoms. The fraction of sp³-hybridized carbons (Fsp3) is 0.533. The van der Waals surface area contributed by atoms with Crippen molar-refractivity contribution < 1.29 is 15.0 Å². The molecule has 0 aromatic heterocycles. The van der Waals surface area contributed by atoms with Crippen LogP contribution in [-0.2, 0) is 0 Å². The number of phenols is 1. The summed E-state index contributed by atoms with van der Waals surface area (Å²) in [6.45, 7) is 2.38. The summed E-state index contributed by atoms with van der Waals surface area (Å²) in [6, 6.07) is 4.35. The van der Waals surface area contributed by atoms with Gasteiger partial charge in [0.25, 0.3) is 5.91 Å². The van der Waals surface area contributed by atoms with E-state index in [1.165, 1.54) is 12.1 Å². The monoisotopic (exact) mass is 297 g/mol. The van der Waals surface area contributed by atoms with Crippen molar-refractivity contribution in [3.05, 3.63) is 28.8 Å². The van der Waals surface area contributed by atoms with Crippen molar-refractivity contribution in [3.8, 4) is 5.75 Å². The zero-order chi connectivity index (χ0) is 14.8. The molecule has 0 saturated heterocycles. The van der Waals surface area contributed by atoms with E-state index in [0.29, 0.717) is 23.8 Å². The van der Waals surface area contributed by atoms with Gasteiger partial charge in [-0.3, -0.25) is 4.79 Å². The standard InChI is InChI=1S/C15H20ClNO3/c1-10-4-6-15(20,7-5-10)9-17-14(19)12-3-2-11(16)8-13(12)18/h2-3,8,10,18,20H,4-7,9H2,1H3,(H,17,19). The van der Waals surface area contributed by atoms with E-state index in [9.17, 15) is 15.0 Å². The summed E-state index contributed by atoms with van der Waals surface area (Å²) in [7, 11) is 0. The molecule has 0 radical (unpaired) electrons. The van der Waals surface area contributed by atoms with Gasteiger partial charge in [0, 0.05) is 11.6 Å². The average Bonchev–Trinajstić information content (AvgIpc) is 2.40. The highest BCUT2D eigenvalue weighted by Gasteiger charge is 2.32. The number of hydrogen-bond donors (Lipinski definition) is 3. The van der Waals surface area contributed by atoms with E-state index in [1.54, 1.807) is 6.07 Å². The molecule has 0 aliphatic heterocycles. The second-order valence-corrected chi connectivity index (χ2v) is 6.19. The Labute approximate surface area is 123 Å². The van der Waals surface area contributed by atoms with Gasteiger partial charge < -0.3 is 15.5 Å². The molecule has 0 atom stereocenters. The van der Waals surface area contributed by atoms with Crippen LogP contribution in [0.2, 0.25) is 5.02 Å². The molecule has 1 aliphatic carbocycles. The van der Waals surface area contributed by atoms with E-state index < -0.39 is 11.5 Å². The fourth-order valence-corrected chi connectivity index (χ4v) is 2.68. The number of aromatic hydroxyl groups is 1. The van der Waals surface area contributed by atoms with Gasteiger partial charge in [0.05, 0.1) is 11.2 Å². The molecule has 110 valence electrons. The zero-order valence-corrected chi connectivity index (χ0v) is 12.3. The first-order valence-electron chi connectivity index (χ1n) is 6.89. The SMILES string of the molecule is CC1CCC(O)(CNC(=O)c2ccc(Cl)cc2O)CC1. The summed E-state index contributed by atoms with van der Waals surface area (Å²) >= 11 is 5.72. The van der Waals surface area contributed by atoms with E-state index in [2.05, 4.69) is 12.2 Å². The lowest BCUT2D eigenvalue weighted by Gasteiger charge is -2.34. The molecule has 0 unspecified atom stereocenters. The van der Waals surface area contributed by atoms with Gasteiger partial charge in [-0.2, -0.15) is 0 Å². The predicted octanol–water partition coefficient (Wildman–Crippen LogP) is 2.72. The molecule has 2 rings (SSSR count). The second-order valence-electron chi connectivity index (χ2n) is 5.75. The first kappa shape index (κ1) is 15.1. The van der Waals surface area contributed by atoms with Crippen LogP contribution >= 0.6 is 11.6 Å². The molecule has 1 aromatic rings. The van der Waals surface area contributed by atoms with Crippen LogP contribution in [0.25, 0.3) is 0 Å². The van der Waals surface area contributed by atoms with Crippen LogP contribution in [0.1, 0.15) is 43.0 Å². The number of nitrogens with one attached hydrogen (secondary N) is 1. The minimum absolute atomic E-state index is 0.153. The molecule has 0 heterocycles. The molecule has 4 nitrogen and oxygen atoms in total. The molecule has 5 heteroatoms. The summed E-state index contributed by atoms with van der Waals surface area (Å²) in [6.07, 6.45) is 3.33. The predicted molar refractivity (Wildman–Crippen MR) is 78.0 cm³/mol. The number of carbonyl (C=O) groups is 1. The molecular formula is C15H20ClNO3. The van der Waals surface area contributed by atoms with Crippen molar-refractivity contribution >= 4 is 17.5 Å². The maximum absolute atomic E-state index is 12.0. The molecule has 1 aromatic carbocycles. The lowest BCUT2D eigenvalue weighted by Crippen LogP contribution is -2.45. The molecule has 1 aliphatic rings. The molecule has 0 bridgehead atoms. The van der Waals surface area contributed by atoms with E-state index in [4.69, 9.17) is 11.6 Å². The van der Waals surface area contributed by atoms with Crippen LogP contribution in [-0.4, -0.2) is 28.3 Å².